The van der Waals surface area contributed by atoms with Crippen molar-refractivity contribution >= 4 is 15.9 Å². The monoisotopic (exact) mass is 455 g/mol. The Hall–Kier alpha value is -1.58. The summed E-state index contributed by atoms with van der Waals surface area (Å²) in [5.74, 6) is -2.27. The first-order valence-corrected chi connectivity index (χ1v) is 12.7. The molecule has 6 nitrogen and oxygen atoms in total. The molecule has 4 rings (SSSR count). The lowest BCUT2D eigenvalue weighted by molar-refractivity contribution is -0.141. The van der Waals surface area contributed by atoms with Gasteiger partial charge < -0.3 is 9.80 Å². The van der Waals surface area contributed by atoms with Crippen LogP contribution in [0.2, 0.25) is 0 Å². The van der Waals surface area contributed by atoms with E-state index < -0.39 is 21.7 Å². The van der Waals surface area contributed by atoms with Crippen LogP contribution in [0.4, 0.5) is 8.78 Å². The van der Waals surface area contributed by atoms with Gasteiger partial charge in [0.1, 0.15) is 0 Å². The van der Waals surface area contributed by atoms with Crippen LogP contribution in [0.1, 0.15) is 45.4 Å². The molecule has 31 heavy (non-hydrogen) atoms. The highest BCUT2D eigenvalue weighted by molar-refractivity contribution is 7.89. The summed E-state index contributed by atoms with van der Waals surface area (Å²) in [6, 6.07) is 3.26. The van der Waals surface area contributed by atoms with Crippen LogP contribution in [-0.2, 0) is 14.8 Å². The summed E-state index contributed by atoms with van der Waals surface area (Å²) in [6.45, 7) is 5.65. The lowest BCUT2D eigenvalue weighted by atomic mass is 9.94. The standard InChI is InChI=1S/C22H31F2N3O3S/c1-2-25-11-9-18(10-12-25)27(17-3-4-17)22(28)16-7-13-26(14-8-16)31(29,30)19-5-6-20(23)21(24)15-19/h5-6,15-18H,2-4,7-14H2,1H3. The molecule has 2 heterocycles. The normalized spacial score (nSPS) is 22.5. The molecule has 9 heteroatoms. The fraction of sp³-hybridized carbons (Fsp3) is 0.682. The average Bonchev–Trinajstić information content (AvgIpc) is 3.61. The maximum Gasteiger partial charge on any atom is 0.243 e. The number of hydrogen-bond donors (Lipinski definition) is 0. The molecule has 1 amide bonds. The number of hydrogen-bond acceptors (Lipinski definition) is 4. The maximum atomic E-state index is 13.5. The summed E-state index contributed by atoms with van der Waals surface area (Å²) in [7, 11) is -3.91. The van der Waals surface area contributed by atoms with E-state index in [2.05, 4.69) is 16.7 Å². The second-order valence-corrected chi connectivity index (χ2v) is 10.8. The summed E-state index contributed by atoms with van der Waals surface area (Å²) in [5, 5.41) is 0. The van der Waals surface area contributed by atoms with Gasteiger partial charge in [-0.25, -0.2) is 17.2 Å². The van der Waals surface area contributed by atoms with Crippen LogP contribution in [0, 0.1) is 17.6 Å². The predicted octanol–water partition coefficient (Wildman–Crippen LogP) is 2.84. The topological polar surface area (TPSA) is 60.9 Å². The molecule has 0 aromatic heterocycles. The van der Waals surface area contributed by atoms with E-state index in [0.29, 0.717) is 18.9 Å². The molecule has 1 saturated carbocycles. The highest BCUT2D eigenvalue weighted by Crippen LogP contribution is 2.35. The van der Waals surface area contributed by atoms with Gasteiger partial charge in [-0.15, -0.1) is 0 Å². The van der Waals surface area contributed by atoms with Crippen molar-refractivity contribution in [3.05, 3.63) is 29.8 Å². The molecular weight excluding hydrogens is 424 g/mol. The van der Waals surface area contributed by atoms with Gasteiger partial charge in [0, 0.05) is 44.2 Å². The first kappa shape index (κ1) is 22.6. The van der Waals surface area contributed by atoms with E-state index >= 15 is 0 Å². The van der Waals surface area contributed by atoms with Crippen LogP contribution in [0.25, 0.3) is 0 Å². The lowest BCUT2D eigenvalue weighted by Gasteiger charge is -2.41. The first-order chi connectivity index (χ1) is 14.8. The van der Waals surface area contributed by atoms with Crippen molar-refractivity contribution < 1.29 is 22.0 Å². The number of sulfonamides is 1. The Morgan fingerprint density at radius 2 is 1.58 bits per heavy atom. The molecule has 0 atom stereocenters. The molecule has 0 N–H and O–H groups in total. The molecule has 172 valence electrons. The van der Waals surface area contributed by atoms with Gasteiger partial charge in [-0.05, 0) is 63.3 Å². The summed E-state index contributed by atoms with van der Waals surface area (Å²) in [4.78, 5) is 17.7. The van der Waals surface area contributed by atoms with Gasteiger partial charge in [-0.1, -0.05) is 6.92 Å². The van der Waals surface area contributed by atoms with Crippen LogP contribution >= 0.6 is 0 Å². The number of carbonyl (C=O) groups excluding carboxylic acids is 1. The average molecular weight is 456 g/mol. The van der Waals surface area contributed by atoms with E-state index in [0.717, 1.165) is 63.5 Å². The van der Waals surface area contributed by atoms with Gasteiger partial charge in [-0.3, -0.25) is 4.79 Å². The van der Waals surface area contributed by atoms with Crippen molar-refractivity contribution in [2.24, 2.45) is 5.92 Å². The first-order valence-electron chi connectivity index (χ1n) is 11.3. The quantitative estimate of drug-likeness (QED) is 0.662. The van der Waals surface area contributed by atoms with Gasteiger partial charge in [0.25, 0.3) is 0 Å². The van der Waals surface area contributed by atoms with Crippen molar-refractivity contribution in [2.75, 3.05) is 32.7 Å². The number of likely N-dealkylation sites (tertiary alicyclic amines) is 1. The number of rotatable bonds is 6. The Bertz CT molecular complexity index is 907. The number of carbonyl (C=O) groups is 1. The Morgan fingerprint density at radius 1 is 0.968 bits per heavy atom. The Morgan fingerprint density at radius 3 is 2.13 bits per heavy atom. The molecule has 0 spiro atoms. The van der Waals surface area contributed by atoms with Crippen molar-refractivity contribution in [2.45, 2.75) is 62.4 Å². The minimum Gasteiger partial charge on any atom is -0.336 e. The maximum absolute atomic E-state index is 13.5. The minimum atomic E-state index is -3.91. The SMILES string of the molecule is CCN1CCC(N(C(=O)C2CCN(S(=O)(=O)c3ccc(F)c(F)c3)CC2)C2CC2)CC1. The van der Waals surface area contributed by atoms with Crippen LogP contribution in [0.5, 0.6) is 0 Å². The zero-order valence-corrected chi connectivity index (χ0v) is 18.8. The van der Waals surface area contributed by atoms with Gasteiger partial charge in [-0.2, -0.15) is 4.31 Å². The molecule has 2 aliphatic heterocycles. The largest absolute Gasteiger partial charge is 0.336 e. The van der Waals surface area contributed by atoms with Gasteiger partial charge in [0.05, 0.1) is 4.90 Å². The van der Waals surface area contributed by atoms with E-state index in [1.807, 2.05) is 0 Å². The summed E-state index contributed by atoms with van der Waals surface area (Å²) in [5.41, 5.74) is 0. The third kappa shape index (κ3) is 4.78. The number of amides is 1. The van der Waals surface area contributed by atoms with E-state index in [9.17, 15) is 22.0 Å². The molecular formula is C22H31F2N3O3S. The second kappa shape index (κ2) is 9.11. The molecule has 0 unspecified atom stereocenters. The third-order valence-corrected chi connectivity index (χ3v) is 8.82. The van der Waals surface area contributed by atoms with E-state index in [4.69, 9.17) is 0 Å². The molecule has 3 aliphatic rings. The van der Waals surface area contributed by atoms with Gasteiger partial charge in [0.15, 0.2) is 11.6 Å². The van der Waals surface area contributed by atoms with Gasteiger partial charge in [0.2, 0.25) is 15.9 Å². The van der Waals surface area contributed by atoms with Crippen LogP contribution in [0.3, 0.4) is 0 Å². The fourth-order valence-corrected chi connectivity index (χ4v) is 6.35. The predicted molar refractivity (Wildman–Crippen MR) is 113 cm³/mol. The third-order valence-electron chi connectivity index (χ3n) is 6.92. The van der Waals surface area contributed by atoms with Crippen molar-refractivity contribution in [3.8, 4) is 0 Å². The number of halogens is 2. The number of nitrogens with zero attached hydrogens (tertiary/aromatic N) is 3. The molecule has 0 bridgehead atoms. The highest BCUT2D eigenvalue weighted by atomic mass is 32.2. The van der Waals surface area contributed by atoms with Crippen molar-refractivity contribution in [1.29, 1.82) is 0 Å². The molecule has 1 aromatic carbocycles. The lowest BCUT2D eigenvalue weighted by Crippen LogP contribution is -2.51. The summed E-state index contributed by atoms with van der Waals surface area (Å²) >= 11 is 0. The van der Waals surface area contributed by atoms with Crippen LogP contribution in [-0.4, -0.2) is 73.2 Å². The Kier molecular flexibility index (Phi) is 6.65. The fourth-order valence-electron chi connectivity index (χ4n) is 4.86. The molecule has 1 aromatic rings. The van der Waals surface area contributed by atoms with E-state index in [1.54, 1.807) is 0 Å². The van der Waals surface area contributed by atoms with Gasteiger partial charge >= 0.3 is 0 Å². The molecule has 0 radical (unpaired) electrons. The molecule has 1 aliphatic carbocycles. The zero-order chi connectivity index (χ0) is 22.2. The number of piperidine rings is 2. The Labute approximate surface area is 183 Å². The summed E-state index contributed by atoms with van der Waals surface area (Å²) in [6.07, 6.45) is 5.03. The van der Waals surface area contributed by atoms with Crippen molar-refractivity contribution in [3.63, 3.8) is 0 Å². The molecule has 2 saturated heterocycles. The van der Waals surface area contributed by atoms with Crippen LogP contribution < -0.4 is 0 Å². The van der Waals surface area contributed by atoms with E-state index in [-0.39, 0.29) is 35.9 Å². The van der Waals surface area contributed by atoms with Crippen LogP contribution in [0.15, 0.2) is 23.1 Å². The zero-order valence-electron chi connectivity index (χ0n) is 18.0. The summed E-state index contributed by atoms with van der Waals surface area (Å²) < 4.78 is 53.6. The molecule has 3 fully saturated rings. The second-order valence-electron chi connectivity index (χ2n) is 8.90. The Balaban J connectivity index is 1.39. The minimum absolute atomic E-state index is 0.169. The highest BCUT2D eigenvalue weighted by Gasteiger charge is 2.42. The van der Waals surface area contributed by atoms with Crippen molar-refractivity contribution in [1.82, 2.24) is 14.1 Å². The van der Waals surface area contributed by atoms with E-state index in [1.165, 1.54) is 4.31 Å². The smallest absolute Gasteiger partial charge is 0.243 e. The number of benzene rings is 1.